The number of hydrogen-bond donors (Lipinski definition) is 1. The number of rotatable bonds is 4. The zero-order valence-corrected chi connectivity index (χ0v) is 14.2. The van der Waals surface area contributed by atoms with Crippen molar-refractivity contribution in [3.05, 3.63) is 96.4 Å². The van der Waals surface area contributed by atoms with Gasteiger partial charge in [-0.3, -0.25) is 9.78 Å². The van der Waals surface area contributed by atoms with Gasteiger partial charge in [-0.2, -0.15) is 5.10 Å². The third-order valence-electron chi connectivity index (χ3n) is 4.00. The Kier molecular flexibility index (Phi) is 4.45. The molecule has 2 heterocycles. The lowest BCUT2D eigenvalue weighted by atomic mass is 10.2. The molecule has 2 aromatic carbocycles. The van der Waals surface area contributed by atoms with Crippen LogP contribution in [-0.4, -0.2) is 20.7 Å². The van der Waals surface area contributed by atoms with Gasteiger partial charge in [0.25, 0.3) is 5.91 Å². The Labute approximate surface area is 155 Å². The van der Waals surface area contributed by atoms with Crippen LogP contribution in [0.3, 0.4) is 0 Å². The fraction of sp³-hybridized carbons (Fsp3) is 0. The van der Waals surface area contributed by atoms with E-state index in [0.717, 1.165) is 5.69 Å². The van der Waals surface area contributed by atoms with Gasteiger partial charge in [0, 0.05) is 12.3 Å². The topological polar surface area (TPSA) is 59.8 Å². The summed E-state index contributed by atoms with van der Waals surface area (Å²) in [5, 5.41) is 7.32. The largest absolute Gasteiger partial charge is 0.306 e. The molecule has 27 heavy (non-hydrogen) atoms. The van der Waals surface area contributed by atoms with E-state index in [2.05, 4.69) is 15.4 Å². The van der Waals surface area contributed by atoms with Gasteiger partial charge in [0.05, 0.1) is 16.9 Å². The highest BCUT2D eigenvalue weighted by Crippen LogP contribution is 2.24. The van der Waals surface area contributed by atoms with Crippen molar-refractivity contribution in [1.29, 1.82) is 0 Å². The number of pyridine rings is 1. The summed E-state index contributed by atoms with van der Waals surface area (Å²) in [6, 6.07) is 22.5. The maximum absolute atomic E-state index is 13.9. The van der Waals surface area contributed by atoms with Crippen LogP contribution in [0, 0.1) is 5.82 Å². The number of amides is 1. The van der Waals surface area contributed by atoms with Crippen molar-refractivity contribution >= 4 is 11.7 Å². The summed E-state index contributed by atoms with van der Waals surface area (Å²) in [6.07, 6.45) is 1.68. The number of halogens is 1. The summed E-state index contributed by atoms with van der Waals surface area (Å²) in [5.74, 6) is -0.696. The first-order valence-electron chi connectivity index (χ1n) is 8.35. The van der Waals surface area contributed by atoms with E-state index < -0.39 is 11.7 Å². The average molecular weight is 358 g/mol. The summed E-state index contributed by atoms with van der Waals surface area (Å²) in [4.78, 5) is 16.9. The Bertz CT molecular complexity index is 1080. The molecule has 1 amide bonds. The van der Waals surface area contributed by atoms with Crippen LogP contribution in [0.4, 0.5) is 10.2 Å². The lowest BCUT2D eigenvalue weighted by Crippen LogP contribution is -2.16. The molecule has 0 spiro atoms. The van der Waals surface area contributed by atoms with Crippen LogP contribution in [0.5, 0.6) is 0 Å². The monoisotopic (exact) mass is 358 g/mol. The van der Waals surface area contributed by atoms with E-state index in [1.807, 2.05) is 48.5 Å². The molecular weight excluding hydrogens is 343 g/mol. The van der Waals surface area contributed by atoms with Crippen molar-refractivity contribution in [2.45, 2.75) is 0 Å². The molecule has 132 valence electrons. The standard InChI is InChI=1S/C21H15FN4O/c22-17-11-5-4-10-16(17)21(27)24-20-14-19(18-12-6-7-13-23-18)25-26(20)15-8-2-1-3-9-15/h1-14H,(H,24,27). The Hall–Kier alpha value is -3.80. The van der Waals surface area contributed by atoms with Crippen molar-refractivity contribution < 1.29 is 9.18 Å². The Morgan fingerprint density at radius 2 is 1.63 bits per heavy atom. The highest BCUT2D eigenvalue weighted by atomic mass is 19.1. The van der Waals surface area contributed by atoms with E-state index in [1.165, 1.54) is 12.1 Å². The van der Waals surface area contributed by atoms with Crippen molar-refractivity contribution in [2.75, 3.05) is 5.32 Å². The molecule has 0 aliphatic heterocycles. The van der Waals surface area contributed by atoms with Gasteiger partial charge in [0.1, 0.15) is 17.3 Å². The second-order valence-corrected chi connectivity index (χ2v) is 5.81. The SMILES string of the molecule is O=C(Nc1cc(-c2ccccn2)nn1-c1ccccc1)c1ccccc1F. The van der Waals surface area contributed by atoms with Gasteiger partial charge < -0.3 is 5.32 Å². The van der Waals surface area contributed by atoms with Crippen LogP contribution < -0.4 is 5.32 Å². The van der Waals surface area contributed by atoms with E-state index in [0.29, 0.717) is 17.2 Å². The second kappa shape index (κ2) is 7.21. The molecule has 0 aliphatic carbocycles. The van der Waals surface area contributed by atoms with Gasteiger partial charge in [0.15, 0.2) is 0 Å². The molecule has 6 heteroatoms. The Balaban J connectivity index is 1.76. The first kappa shape index (κ1) is 16.7. The molecule has 5 nitrogen and oxygen atoms in total. The molecule has 0 atom stereocenters. The van der Waals surface area contributed by atoms with Crippen LogP contribution in [-0.2, 0) is 0 Å². The fourth-order valence-electron chi connectivity index (χ4n) is 2.70. The quantitative estimate of drug-likeness (QED) is 0.591. The van der Waals surface area contributed by atoms with Crippen LogP contribution >= 0.6 is 0 Å². The molecule has 0 saturated heterocycles. The van der Waals surface area contributed by atoms with E-state index in [9.17, 15) is 9.18 Å². The van der Waals surface area contributed by atoms with Gasteiger partial charge in [-0.25, -0.2) is 9.07 Å². The Morgan fingerprint density at radius 1 is 0.889 bits per heavy atom. The fourth-order valence-corrected chi connectivity index (χ4v) is 2.70. The minimum absolute atomic E-state index is 0.0299. The zero-order chi connectivity index (χ0) is 18.6. The van der Waals surface area contributed by atoms with Gasteiger partial charge in [-0.1, -0.05) is 36.4 Å². The zero-order valence-electron chi connectivity index (χ0n) is 14.2. The predicted molar refractivity (Wildman–Crippen MR) is 101 cm³/mol. The van der Waals surface area contributed by atoms with E-state index in [-0.39, 0.29) is 5.56 Å². The van der Waals surface area contributed by atoms with Crippen LogP contribution in [0.25, 0.3) is 17.1 Å². The number of hydrogen-bond acceptors (Lipinski definition) is 3. The number of carbonyl (C=O) groups is 1. The molecule has 0 radical (unpaired) electrons. The maximum atomic E-state index is 13.9. The summed E-state index contributed by atoms with van der Waals surface area (Å²) >= 11 is 0. The summed E-state index contributed by atoms with van der Waals surface area (Å²) in [5.41, 5.74) is 2.01. The lowest BCUT2D eigenvalue weighted by molar-refractivity contribution is 0.102. The molecule has 0 unspecified atom stereocenters. The molecule has 0 saturated carbocycles. The molecular formula is C21H15FN4O. The number of aromatic nitrogens is 3. The second-order valence-electron chi connectivity index (χ2n) is 5.81. The number of nitrogens with zero attached hydrogens (tertiary/aromatic N) is 3. The molecule has 2 aromatic heterocycles. The number of benzene rings is 2. The maximum Gasteiger partial charge on any atom is 0.259 e. The highest BCUT2D eigenvalue weighted by molar-refractivity contribution is 6.04. The van der Waals surface area contributed by atoms with Crippen LogP contribution in [0.1, 0.15) is 10.4 Å². The van der Waals surface area contributed by atoms with Gasteiger partial charge >= 0.3 is 0 Å². The third-order valence-corrected chi connectivity index (χ3v) is 4.00. The van der Waals surface area contributed by atoms with Gasteiger partial charge in [-0.15, -0.1) is 0 Å². The van der Waals surface area contributed by atoms with E-state index >= 15 is 0 Å². The van der Waals surface area contributed by atoms with Crippen molar-refractivity contribution in [3.63, 3.8) is 0 Å². The molecule has 4 aromatic rings. The minimum Gasteiger partial charge on any atom is -0.306 e. The average Bonchev–Trinajstić information content (AvgIpc) is 3.13. The summed E-state index contributed by atoms with van der Waals surface area (Å²) in [6.45, 7) is 0. The van der Waals surface area contributed by atoms with E-state index in [1.54, 1.807) is 29.1 Å². The van der Waals surface area contributed by atoms with Crippen molar-refractivity contribution in [1.82, 2.24) is 14.8 Å². The number of carbonyl (C=O) groups excluding carboxylic acids is 1. The molecule has 0 aliphatic rings. The van der Waals surface area contributed by atoms with Crippen molar-refractivity contribution in [2.24, 2.45) is 0 Å². The molecule has 0 bridgehead atoms. The minimum atomic E-state index is -0.578. The first-order chi connectivity index (χ1) is 13.2. The molecule has 0 fully saturated rings. The van der Waals surface area contributed by atoms with Crippen LogP contribution in [0.2, 0.25) is 0 Å². The summed E-state index contributed by atoms with van der Waals surface area (Å²) < 4.78 is 15.5. The van der Waals surface area contributed by atoms with Crippen molar-refractivity contribution in [3.8, 4) is 17.1 Å². The number of para-hydroxylation sites is 1. The molecule has 4 rings (SSSR count). The van der Waals surface area contributed by atoms with E-state index in [4.69, 9.17) is 0 Å². The normalized spacial score (nSPS) is 10.6. The first-order valence-corrected chi connectivity index (χ1v) is 8.35. The highest BCUT2D eigenvalue weighted by Gasteiger charge is 2.17. The van der Waals surface area contributed by atoms with Gasteiger partial charge in [0.2, 0.25) is 0 Å². The summed E-state index contributed by atoms with van der Waals surface area (Å²) in [7, 11) is 0. The van der Waals surface area contributed by atoms with Gasteiger partial charge in [-0.05, 0) is 36.4 Å². The molecule has 1 N–H and O–H groups in total. The number of anilines is 1. The Morgan fingerprint density at radius 3 is 2.37 bits per heavy atom. The smallest absolute Gasteiger partial charge is 0.259 e. The van der Waals surface area contributed by atoms with Crippen LogP contribution in [0.15, 0.2) is 85.1 Å². The lowest BCUT2D eigenvalue weighted by Gasteiger charge is -2.09. The third kappa shape index (κ3) is 3.46. The number of nitrogens with one attached hydrogen (secondary N) is 1. The predicted octanol–water partition coefficient (Wildman–Crippen LogP) is 4.33.